The van der Waals surface area contributed by atoms with Gasteiger partial charge in [0, 0.05) is 43.0 Å². The van der Waals surface area contributed by atoms with Gasteiger partial charge in [-0.2, -0.15) is 23.5 Å². The second-order valence-corrected chi connectivity index (χ2v) is 22.7. The third-order valence-corrected chi connectivity index (χ3v) is 14.6. The van der Waals surface area contributed by atoms with E-state index in [1.807, 2.05) is 38.1 Å². The van der Waals surface area contributed by atoms with Gasteiger partial charge in [0.1, 0.15) is 42.3 Å². The first-order valence-electron chi connectivity index (χ1n) is 28.3. The summed E-state index contributed by atoms with van der Waals surface area (Å²) in [6, 6.07) is 6.38. The summed E-state index contributed by atoms with van der Waals surface area (Å²) >= 11 is 2.81. The number of aromatic nitrogens is 1. The van der Waals surface area contributed by atoms with Crippen LogP contribution in [0.3, 0.4) is 0 Å². The summed E-state index contributed by atoms with van der Waals surface area (Å²) in [7, 11) is 0. The summed E-state index contributed by atoms with van der Waals surface area (Å²) in [5.41, 5.74) is 36.0. The maximum absolute atomic E-state index is 14.6. The average Bonchev–Trinajstić information content (AvgIpc) is 4.15. The SMILES string of the molecule is CSCC[C@H](NC(=O)[C@H](CC(C)C)NC(=O)[C@H](Cc1ccccc1)NC(=O)[C@H](CCCN=C(N)N)NC(=O)CNC(=O)[C@H](CCSC)NC(=O)[C@H](Cc1c[nH]c2ccccc12)NC(=O)[C@H](CCCCN)NC(=O)[C@@H](N)CCCN=C(N)N)C(=O)O. The fraction of sp³-hybridized carbons (Fsp3) is 0.554. The lowest BCUT2D eigenvalue weighted by Gasteiger charge is -2.27. The number of unbranched alkanes of at least 4 members (excludes halogenated alkanes) is 1. The number of aliphatic imine (C=N–C) groups is 2. The number of guanidine groups is 2. The Hall–Kier alpha value is -7.63. The fourth-order valence-corrected chi connectivity index (χ4v) is 9.79. The first kappa shape index (κ1) is 71.6. The number of nitrogens with one attached hydrogen (secondary N) is 9. The van der Waals surface area contributed by atoms with Gasteiger partial charge in [-0.1, -0.05) is 62.4 Å². The van der Waals surface area contributed by atoms with Crippen LogP contribution in [-0.4, -0.2) is 174 Å². The highest BCUT2D eigenvalue weighted by atomic mass is 32.2. The third-order valence-electron chi connectivity index (χ3n) is 13.4. The maximum atomic E-state index is 14.6. The highest BCUT2D eigenvalue weighted by Gasteiger charge is 2.34. The number of carbonyl (C=O) groups is 9. The van der Waals surface area contributed by atoms with E-state index in [0.29, 0.717) is 48.4 Å². The van der Waals surface area contributed by atoms with Crippen LogP contribution in [0.2, 0.25) is 0 Å². The minimum atomic E-state index is -1.33. The van der Waals surface area contributed by atoms with Crippen LogP contribution < -0.4 is 76.9 Å². The molecule has 29 heteroatoms. The molecule has 0 aliphatic carbocycles. The van der Waals surface area contributed by atoms with Crippen LogP contribution in [0.4, 0.5) is 0 Å². The molecule has 470 valence electrons. The van der Waals surface area contributed by atoms with Crippen molar-refractivity contribution in [2.75, 3.05) is 50.2 Å². The molecule has 0 bridgehead atoms. The van der Waals surface area contributed by atoms with Crippen molar-refractivity contribution in [2.24, 2.45) is 50.3 Å². The van der Waals surface area contributed by atoms with Crippen LogP contribution in [0, 0.1) is 5.92 Å². The molecule has 2 aromatic carbocycles. The number of aliphatic carboxylic acids is 1. The molecule has 8 amide bonds. The molecule has 0 aliphatic rings. The zero-order chi connectivity index (χ0) is 62.8. The second kappa shape index (κ2) is 39.1. The first-order chi connectivity index (χ1) is 40.6. The number of hydrogen-bond donors (Lipinski definition) is 16. The Labute approximate surface area is 504 Å². The van der Waals surface area contributed by atoms with Crippen LogP contribution in [0.25, 0.3) is 10.9 Å². The van der Waals surface area contributed by atoms with Crippen LogP contribution in [0.15, 0.2) is 70.8 Å². The molecule has 3 rings (SSSR count). The van der Waals surface area contributed by atoms with E-state index < -0.39 is 108 Å². The van der Waals surface area contributed by atoms with Crippen LogP contribution in [0.1, 0.15) is 89.2 Å². The molecule has 0 aliphatic heterocycles. The maximum Gasteiger partial charge on any atom is 0.326 e. The Morgan fingerprint density at radius 1 is 0.553 bits per heavy atom. The van der Waals surface area contributed by atoms with Crippen molar-refractivity contribution in [1.82, 2.24) is 47.5 Å². The molecule has 0 saturated carbocycles. The summed E-state index contributed by atoms with van der Waals surface area (Å²) in [5.74, 6) is -6.71. The molecule has 0 unspecified atom stereocenters. The monoisotopic (exact) mass is 1220 g/mol. The van der Waals surface area contributed by atoms with Gasteiger partial charge in [-0.3, -0.25) is 48.3 Å². The van der Waals surface area contributed by atoms with E-state index in [1.54, 1.807) is 49.0 Å². The highest BCUT2D eigenvalue weighted by molar-refractivity contribution is 7.98. The molecule has 0 spiro atoms. The van der Waals surface area contributed by atoms with Crippen molar-refractivity contribution in [1.29, 1.82) is 0 Å². The van der Waals surface area contributed by atoms with Gasteiger partial charge in [0.25, 0.3) is 0 Å². The van der Waals surface area contributed by atoms with Gasteiger partial charge >= 0.3 is 5.97 Å². The molecular formula is C56H89N17O10S2. The average molecular weight is 1220 g/mol. The molecule has 27 nitrogen and oxygen atoms in total. The van der Waals surface area contributed by atoms with E-state index in [2.05, 4.69) is 57.5 Å². The zero-order valence-electron chi connectivity index (χ0n) is 49.0. The number of hydrogen-bond acceptors (Lipinski definition) is 15. The predicted molar refractivity (Wildman–Crippen MR) is 332 cm³/mol. The number of amides is 8. The van der Waals surface area contributed by atoms with E-state index in [4.69, 9.17) is 34.4 Å². The summed E-state index contributed by atoms with van der Waals surface area (Å²) in [5, 5.41) is 32.1. The molecule has 3 aromatic rings. The lowest BCUT2D eigenvalue weighted by Crippen LogP contribution is -2.59. The van der Waals surface area contributed by atoms with E-state index in [1.165, 1.54) is 23.5 Å². The van der Waals surface area contributed by atoms with Crippen LogP contribution in [-0.2, 0) is 56.0 Å². The third kappa shape index (κ3) is 27.3. The van der Waals surface area contributed by atoms with Crippen molar-refractivity contribution in [3.63, 3.8) is 0 Å². The Morgan fingerprint density at radius 2 is 1.04 bits per heavy atom. The summed E-state index contributed by atoms with van der Waals surface area (Å²) in [6.45, 7) is 3.61. The van der Waals surface area contributed by atoms with Gasteiger partial charge in [0.2, 0.25) is 47.3 Å². The van der Waals surface area contributed by atoms with Gasteiger partial charge in [0.05, 0.1) is 12.6 Å². The number of carboxylic acid groups (broad SMARTS) is 1. The second-order valence-electron chi connectivity index (χ2n) is 20.8. The molecule has 1 aromatic heterocycles. The Balaban J connectivity index is 1.89. The highest BCUT2D eigenvalue weighted by Crippen LogP contribution is 2.20. The van der Waals surface area contributed by atoms with E-state index in [9.17, 15) is 48.3 Å². The molecule has 0 fully saturated rings. The molecule has 0 saturated heterocycles. The van der Waals surface area contributed by atoms with E-state index >= 15 is 0 Å². The molecular weight excluding hydrogens is 1130 g/mol. The summed E-state index contributed by atoms with van der Waals surface area (Å²) < 4.78 is 0. The van der Waals surface area contributed by atoms with Crippen LogP contribution in [0.5, 0.6) is 0 Å². The Morgan fingerprint density at radius 3 is 1.62 bits per heavy atom. The van der Waals surface area contributed by atoms with Crippen molar-refractivity contribution < 1.29 is 48.3 Å². The van der Waals surface area contributed by atoms with Gasteiger partial charge in [0.15, 0.2) is 11.9 Å². The summed E-state index contributed by atoms with van der Waals surface area (Å²) in [6.07, 6.45) is 7.46. The van der Waals surface area contributed by atoms with Gasteiger partial charge in [-0.15, -0.1) is 0 Å². The molecule has 22 N–H and O–H groups in total. The number of H-pyrrole nitrogens is 1. The fourth-order valence-electron chi connectivity index (χ4n) is 8.85. The normalized spacial score (nSPS) is 13.9. The molecule has 1 heterocycles. The largest absolute Gasteiger partial charge is 0.480 e. The van der Waals surface area contributed by atoms with Crippen molar-refractivity contribution in [3.8, 4) is 0 Å². The number of nitrogens with zero attached hydrogens (tertiary/aromatic N) is 2. The number of para-hydroxylation sites is 1. The lowest BCUT2D eigenvalue weighted by atomic mass is 10.00. The molecule has 85 heavy (non-hydrogen) atoms. The van der Waals surface area contributed by atoms with E-state index in [0.717, 1.165) is 10.9 Å². The molecule has 0 radical (unpaired) electrons. The number of rotatable bonds is 41. The van der Waals surface area contributed by atoms with E-state index in [-0.39, 0.29) is 88.7 Å². The predicted octanol–water partition coefficient (Wildman–Crippen LogP) is -1.34. The number of nitrogens with two attached hydrogens (primary N) is 6. The molecule has 8 atom stereocenters. The standard InChI is InChI=1S/C56H89N17O10S2/c1-33(2)28-43(51(79)70-42(54(82)83)22-27-85-4)71-52(80)44(29-34-14-6-5-7-15-34)72-49(77)39(20-13-25-64-56(61)62)67-46(74)32-66-48(76)41(21-26-84-3)69-53(81)45(30-35-31-65-38-18-9-8-16-36(35)38)73-50(78)40(19-10-11-23-57)68-47(75)37(58)17-12-24-63-55(59)60/h5-9,14-16,18,31,33,37,39-45,65H,10-13,17,19-30,32,57-58H2,1-4H3,(H,66,76)(H,67,74)(H,68,75)(H,69,81)(H,70,79)(H,71,80)(H,72,77)(H,73,78)(H,82,83)(H4,59,60,63)(H4,61,62,64)/t37-,39-,40-,41-,42-,43-,44-,45-/m0/s1. The number of aromatic amines is 1. The zero-order valence-corrected chi connectivity index (χ0v) is 50.6. The van der Waals surface area contributed by atoms with Crippen molar-refractivity contribution >= 4 is 99.6 Å². The quantitative estimate of drug-likeness (QED) is 0.0178. The van der Waals surface area contributed by atoms with Crippen LogP contribution >= 0.6 is 23.5 Å². The Kier molecular flexibility index (Phi) is 32.9. The minimum Gasteiger partial charge on any atom is -0.480 e. The van der Waals surface area contributed by atoms with Gasteiger partial charge in [-0.05, 0) is 118 Å². The van der Waals surface area contributed by atoms with Gasteiger partial charge in [-0.25, -0.2) is 4.79 Å². The van der Waals surface area contributed by atoms with Crippen molar-refractivity contribution in [3.05, 3.63) is 71.9 Å². The van der Waals surface area contributed by atoms with Crippen molar-refractivity contribution in [2.45, 2.75) is 139 Å². The smallest absolute Gasteiger partial charge is 0.326 e. The topological polar surface area (TPSA) is 467 Å². The minimum absolute atomic E-state index is 0.0469. The number of carbonyl (C=O) groups excluding carboxylic acids is 8. The summed E-state index contributed by atoms with van der Waals surface area (Å²) in [4.78, 5) is 135. The van der Waals surface area contributed by atoms with Gasteiger partial charge < -0.3 is 87.0 Å². The number of carboxylic acids is 1. The lowest BCUT2D eigenvalue weighted by molar-refractivity contribution is -0.142. The first-order valence-corrected chi connectivity index (χ1v) is 31.1. The Bertz CT molecular complexity index is 2690. The number of fused-ring (bicyclic) bond motifs is 1. The number of thioether (sulfide) groups is 2. The number of benzene rings is 2.